The van der Waals surface area contributed by atoms with Crippen LogP contribution in [0.3, 0.4) is 0 Å². The number of carbonyl (C=O) groups is 2. The molecule has 0 heterocycles. The van der Waals surface area contributed by atoms with Crippen LogP contribution in [0.4, 0.5) is 0 Å². The highest BCUT2D eigenvalue weighted by molar-refractivity contribution is 6.16. The van der Waals surface area contributed by atoms with Crippen molar-refractivity contribution in [3.8, 4) is 0 Å². The summed E-state index contributed by atoms with van der Waals surface area (Å²) < 4.78 is 11.0. The third kappa shape index (κ3) is 4.06. The van der Waals surface area contributed by atoms with Gasteiger partial charge in [-0.15, -0.1) is 0 Å². The fourth-order valence-corrected chi connectivity index (χ4v) is 3.25. The van der Waals surface area contributed by atoms with Crippen molar-refractivity contribution in [1.29, 1.82) is 0 Å². The summed E-state index contributed by atoms with van der Waals surface area (Å²) in [7, 11) is 0. The maximum atomic E-state index is 13.0. The summed E-state index contributed by atoms with van der Waals surface area (Å²) in [4.78, 5) is 24.5. The van der Waals surface area contributed by atoms with Crippen molar-refractivity contribution >= 4 is 33.5 Å². The molecule has 4 nitrogen and oxygen atoms in total. The van der Waals surface area contributed by atoms with E-state index in [2.05, 4.69) is 12.6 Å². The number of benzene rings is 3. The summed E-state index contributed by atoms with van der Waals surface area (Å²) in [6, 6.07) is 17.6. The largest absolute Gasteiger partial charge is 0.462 e. The number of hydrogen-bond acceptors (Lipinski definition) is 4. The van der Waals surface area contributed by atoms with E-state index in [4.69, 9.17) is 9.47 Å². The van der Waals surface area contributed by atoms with Gasteiger partial charge in [0.05, 0.1) is 12.2 Å². The maximum absolute atomic E-state index is 13.0. The first kappa shape index (κ1) is 19.6. The smallest absolute Gasteiger partial charge is 0.339 e. The first-order chi connectivity index (χ1) is 13.5. The van der Waals surface area contributed by atoms with E-state index < -0.39 is 11.6 Å². The number of esters is 2. The van der Waals surface area contributed by atoms with Crippen LogP contribution in [0.2, 0.25) is 0 Å². The van der Waals surface area contributed by atoms with E-state index in [0.29, 0.717) is 18.4 Å². The van der Waals surface area contributed by atoms with Gasteiger partial charge in [0.25, 0.3) is 0 Å². The molecule has 3 rings (SSSR count). The lowest BCUT2D eigenvalue weighted by molar-refractivity contribution is -0.153. The Morgan fingerprint density at radius 2 is 1.61 bits per heavy atom. The maximum Gasteiger partial charge on any atom is 0.339 e. The molecule has 0 radical (unpaired) electrons. The zero-order valence-corrected chi connectivity index (χ0v) is 16.2. The number of fused-ring (bicyclic) bond motifs is 2. The average Bonchev–Trinajstić information content (AvgIpc) is 2.71. The fourth-order valence-electron chi connectivity index (χ4n) is 3.25. The van der Waals surface area contributed by atoms with Crippen LogP contribution < -0.4 is 0 Å². The Morgan fingerprint density at radius 3 is 2.14 bits per heavy atom. The topological polar surface area (TPSA) is 52.6 Å². The molecule has 0 aliphatic carbocycles. The molecule has 0 saturated carbocycles. The molecule has 0 saturated heterocycles. The zero-order valence-electron chi connectivity index (χ0n) is 16.2. The van der Waals surface area contributed by atoms with Crippen LogP contribution in [-0.4, -0.2) is 24.1 Å². The molecule has 1 atom stereocenters. The van der Waals surface area contributed by atoms with Gasteiger partial charge in [-0.05, 0) is 41.0 Å². The standard InChI is InChI=1S/C24H24O4/c1-4-21(25)28-24(3,5-2)14-15-27-23(26)22-19-12-8-6-10-17(19)16-18-11-7-9-13-20(18)22/h4,6-13,16H,1,5,14-15H2,2-3H3. The first-order valence-electron chi connectivity index (χ1n) is 9.40. The monoisotopic (exact) mass is 376 g/mol. The number of carbonyl (C=O) groups excluding carboxylic acids is 2. The minimum atomic E-state index is -0.702. The molecular formula is C24H24O4. The van der Waals surface area contributed by atoms with Crippen molar-refractivity contribution in [3.63, 3.8) is 0 Å². The Hall–Kier alpha value is -3.14. The minimum Gasteiger partial charge on any atom is -0.462 e. The molecule has 0 amide bonds. The third-order valence-electron chi connectivity index (χ3n) is 5.10. The Morgan fingerprint density at radius 1 is 1.04 bits per heavy atom. The molecule has 4 heteroatoms. The summed E-state index contributed by atoms with van der Waals surface area (Å²) in [6.45, 7) is 7.34. The van der Waals surface area contributed by atoms with Crippen molar-refractivity contribution in [2.24, 2.45) is 0 Å². The van der Waals surface area contributed by atoms with Gasteiger partial charge in [-0.1, -0.05) is 62.0 Å². The van der Waals surface area contributed by atoms with Crippen LogP contribution in [0.15, 0.2) is 67.3 Å². The SMILES string of the molecule is C=CC(=O)OC(C)(CC)CCOC(=O)c1c2ccccc2cc2ccccc12. The van der Waals surface area contributed by atoms with Crippen LogP contribution in [0.25, 0.3) is 21.5 Å². The Kier molecular flexibility index (Phi) is 5.78. The van der Waals surface area contributed by atoms with E-state index in [1.54, 1.807) is 0 Å². The van der Waals surface area contributed by atoms with Crippen LogP contribution in [0.1, 0.15) is 37.0 Å². The van der Waals surface area contributed by atoms with Gasteiger partial charge in [-0.2, -0.15) is 0 Å². The lowest BCUT2D eigenvalue weighted by Crippen LogP contribution is -2.32. The minimum absolute atomic E-state index is 0.158. The highest BCUT2D eigenvalue weighted by Crippen LogP contribution is 2.29. The van der Waals surface area contributed by atoms with Crippen molar-refractivity contribution in [2.75, 3.05) is 6.61 Å². The third-order valence-corrected chi connectivity index (χ3v) is 5.10. The molecule has 3 aromatic carbocycles. The molecule has 0 aliphatic heterocycles. The predicted octanol–water partition coefficient (Wildman–Crippen LogP) is 5.44. The van der Waals surface area contributed by atoms with Gasteiger partial charge in [0.2, 0.25) is 0 Å². The van der Waals surface area contributed by atoms with Crippen molar-refractivity contribution in [1.82, 2.24) is 0 Å². The van der Waals surface area contributed by atoms with Crippen LogP contribution in [0, 0.1) is 0 Å². The normalized spacial score (nSPS) is 13.1. The molecule has 28 heavy (non-hydrogen) atoms. The molecule has 3 aromatic rings. The van der Waals surface area contributed by atoms with Gasteiger partial charge in [0.15, 0.2) is 0 Å². The number of rotatable bonds is 7. The van der Waals surface area contributed by atoms with Crippen molar-refractivity contribution in [2.45, 2.75) is 32.3 Å². The second-order valence-corrected chi connectivity index (χ2v) is 7.01. The average molecular weight is 376 g/mol. The number of hydrogen-bond donors (Lipinski definition) is 0. The predicted molar refractivity (Wildman–Crippen MR) is 111 cm³/mol. The van der Waals surface area contributed by atoms with Crippen LogP contribution in [-0.2, 0) is 14.3 Å². The summed E-state index contributed by atoms with van der Waals surface area (Å²) in [5.41, 5.74) is -0.137. The van der Waals surface area contributed by atoms with Gasteiger partial charge in [0.1, 0.15) is 5.60 Å². The highest BCUT2D eigenvalue weighted by Gasteiger charge is 2.27. The molecule has 0 aliphatic rings. The first-order valence-corrected chi connectivity index (χ1v) is 9.40. The summed E-state index contributed by atoms with van der Waals surface area (Å²) in [5, 5.41) is 3.71. The van der Waals surface area contributed by atoms with Crippen molar-refractivity contribution < 1.29 is 19.1 Å². The van der Waals surface area contributed by atoms with E-state index in [-0.39, 0.29) is 12.6 Å². The van der Waals surface area contributed by atoms with Gasteiger partial charge in [0, 0.05) is 12.5 Å². The molecule has 0 spiro atoms. The van der Waals surface area contributed by atoms with E-state index in [1.807, 2.05) is 62.4 Å². The second-order valence-electron chi connectivity index (χ2n) is 7.01. The molecule has 0 aromatic heterocycles. The van der Waals surface area contributed by atoms with E-state index in [9.17, 15) is 9.59 Å². The van der Waals surface area contributed by atoms with Crippen LogP contribution in [0.5, 0.6) is 0 Å². The highest BCUT2D eigenvalue weighted by atomic mass is 16.6. The lowest BCUT2D eigenvalue weighted by Gasteiger charge is -2.27. The van der Waals surface area contributed by atoms with E-state index in [1.165, 1.54) is 0 Å². The van der Waals surface area contributed by atoms with E-state index >= 15 is 0 Å². The second kappa shape index (κ2) is 8.26. The lowest BCUT2D eigenvalue weighted by atomic mass is 9.96. The molecule has 0 N–H and O–H groups in total. The van der Waals surface area contributed by atoms with Gasteiger partial charge in [-0.25, -0.2) is 9.59 Å². The molecule has 144 valence electrons. The van der Waals surface area contributed by atoms with E-state index in [0.717, 1.165) is 27.6 Å². The fraction of sp³-hybridized carbons (Fsp3) is 0.250. The summed E-state index contributed by atoms with van der Waals surface area (Å²) in [5.74, 6) is -0.850. The molecule has 0 bridgehead atoms. The van der Waals surface area contributed by atoms with Gasteiger partial charge >= 0.3 is 11.9 Å². The Balaban J connectivity index is 1.85. The van der Waals surface area contributed by atoms with Crippen molar-refractivity contribution in [3.05, 3.63) is 72.8 Å². The zero-order chi connectivity index (χ0) is 20.1. The quantitative estimate of drug-likeness (QED) is 0.313. The molecule has 1 unspecified atom stereocenters. The summed E-state index contributed by atoms with van der Waals surface area (Å²) >= 11 is 0. The number of ether oxygens (including phenoxy) is 2. The Bertz CT molecular complexity index is 983. The molecule has 0 fully saturated rings. The van der Waals surface area contributed by atoms with Crippen LogP contribution >= 0.6 is 0 Å². The van der Waals surface area contributed by atoms with Gasteiger partial charge < -0.3 is 9.47 Å². The Labute approximate surface area is 164 Å². The van der Waals surface area contributed by atoms with Gasteiger partial charge in [-0.3, -0.25) is 0 Å². The summed E-state index contributed by atoms with van der Waals surface area (Å²) in [6.07, 6.45) is 2.17. The molecular weight excluding hydrogens is 352 g/mol.